The SMILES string of the molecule is C=CCOc1ccc(/C=C/C(=O)OCC(=O)NC23CC4CC(CC(C4)C2)C3)cc1. The van der Waals surface area contributed by atoms with E-state index >= 15 is 0 Å². The summed E-state index contributed by atoms with van der Waals surface area (Å²) < 4.78 is 10.6. The first-order chi connectivity index (χ1) is 14.0. The van der Waals surface area contributed by atoms with E-state index in [0.717, 1.165) is 48.3 Å². The maximum atomic E-state index is 12.4. The van der Waals surface area contributed by atoms with Crippen molar-refractivity contribution in [1.82, 2.24) is 5.32 Å². The number of carbonyl (C=O) groups excluding carboxylic acids is 2. The van der Waals surface area contributed by atoms with Gasteiger partial charge in [-0.25, -0.2) is 4.79 Å². The molecule has 154 valence electrons. The lowest BCUT2D eigenvalue weighted by atomic mass is 9.53. The summed E-state index contributed by atoms with van der Waals surface area (Å²) in [4.78, 5) is 24.4. The van der Waals surface area contributed by atoms with Crippen LogP contribution in [0.15, 0.2) is 43.0 Å². The summed E-state index contributed by atoms with van der Waals surface area (Å²) in [6.07, 6.45) is 11.9. The van der Waals surface area contributed by atoms with Gasteiger partial charge >= 0.3 is 5.97 Å². The van der Waals surface area contributed by atoms with Crippen LogP contribution < -0.4 is 10.1 Å². The molecule has 0 heterocycles. The molecule has 29 heavy (non-hydrogen) atoms. The second-order valence-electron chi connectivity index (χ2n) is 8.86. The Kier molecular flexibility index (Phi) is 5.74. The molecule has 4 aliphatic rings. The van der Waals surface area contributed by atoms with E-state index in [1.165, 1.54) is 25.3 Å². The largest absolute Gasteiger partial charge is 0.490 e. The molecule has 4 aliphatic carbocycles. The molecule has 0 aromatic heterocycles. The van der Waals surface area contributed by atoms with Gasteiger partial charge in [0.1, 0.15) is 12.4 Å². The van der Waals surface area contributed by atoms with Crippen molar-refractivity contribution in [3.05, 3.63) is 48.6 Å². The molecule has 4 fully saturated rings. The Morgan fingerprint density at radius 1 is 1.07 bits per heavy atom. The first kappa shape index (κ1) is 19.7. The first-order valence-corrected chi connectivity index (χ1v) is 10.5. The van der Waals surface area contributed by atoms with Crippen molar-refractivity contribution in [2.45, 2.75) is 44.1 Å². The van der Waals surface area contributed by atoms with Crippen LogP contribution in [-0.2, 0) is 14.3 Å². The van der Waals surface area contributed by atoms with E-state index < -0.39 is 5.97 Å². The quantitative estimate of drug-likeness (QED) is 0.412. The molecule has 5 nitrogen and oxygen atoms in total. The van der Waals surface area contributed by atoms with Crippen molar-refractivity contribution < 1.29 is 19.1 Å². The van der Waals surface area contributed by atoms with Gasteiger partial charge in [0.25, 0.3) is 5.91 Å². The minimum Gasteiger partial charge on any atom is -0.490 e. The minimum atomic E-state index is -0.516. The maximum absolute atomic E-state index is 12.4. The fraction of sp³-hybridized carbons (Fsp3) is 0.500. The highest BCUT2D eigenvalue weighted by molar-refractivity contribution is 5.89. The zero-order valence-electron chi connectivity index (χ0n) is 16.8. The lowest BCUT2D eigenvalue weighted by molar-refractivity contribution is -0.145. The van der Waals surface area contributed by atoms with Gasteiger partial charge in [-0.1, -0.05) is 24.8 Å². The number of benzene rings is 1. The van der Waals surface area contributed by atoms with Gasteiger partial charge in [-0.2, -0.15) is 0 Å². The third-order valence-electron chi connectivity index (χ3n) is 6.45. The van der Waals surface area contributed by atoms with Gasteiger partial charge in [0.05, 0.1) is 0 Å². The van der Waals surface area contributed by atoms with Crippen molar-refractivity contribution in [3.63, 3.8) is 0 Å². The number of hydrogen-bond acceptors (Lipinski definition) is 4. The van der Waals surface area contributed by atoms with Crippen molar-refractivity contribution in [3.8, 4) is 5.75 Å². The lowest BCUT2D eigenvalue weighted by Gasteiger charge is -2.56. The Morgan fingerprint density at radius 3 is 2.28 bits per heavy atom. The normalized spacial score (nSPS) is 29.6. The second kappa shape index (κ2) is 8.44. The van der Waals surface area contributed by atoms with Gasteiger partial charge in [-0.15, -0.1) is 0 Å². The highest BCUT2D eigenvalue weighted by atomic mass is 16.5. The molecule has 1 aromatic rings. The van der Waals surface area contributed by atoms with Crippen molar-refractivity contribution in [1.29, 1.82) is 0 Å². The molecule has 0 radical (unpaired) electrons. The summed E-state index contributed by atoms with van der Waals surface area (Å²) in [6.45, 7) is 3.84. The summed E-state index contributed by atoms with van der Waals surface area (Å²) in [5.41, 5.74) is 0.801. The Morgan fingerprint density at radius 2 is 1.69 bits per heavy atom. The predicted molar refractivity (Wildman–Crippen MR) is 111 cm³/mol. The molecule has 1 aromatic carbocycles. The monoisotopic (exact) mass is 395 g/mol. The van der Waals surface area contributed by atoms with E-state index in [1.807, 2.05) is 24.3 Å². The van der Waals surface area contributed by atoms with E-state index in [9.17, 15) is 9.59 Å². The number of ether oxygens (including phenoxy) is 2. The molecule has 0 aliphatic heterocycles. The van der Waals surface area contributed by atoms with Crippen LogP contribution in [0.3, 0.4) is 0 Å². The Hall–Kier alpha value is -2.56. The fourth-order valence-electron chi connectivity index (χ4n) is 5.77. The number of esters is 1. The van der Waals surface area contributed by atoms with E-state index in [1.54, 1.807) is 12.2 Å². The standard InChI is InChI=1S/C24H29NO4/c1-2-9-28-21-6-3-17(4-7-21)5-8-23(27)29-16-22(26)25-24-13-18-10-19(14-24)12-20(11-18)15-24/h2-8,18-20H,1,9-16H2,(H,25,26)/b8-5+. The van der Waals surface area contributed by atoms with Crippen LogP contribution in [0, 0.1) is 17.8 Å². The zero-order valence-corrected chi connectivity index (χ0v) is 16.8. The fourth-order valence-corrected chi connectivity index (χ4v) is 5.77. The number of nitrogens with one attached hydrogen (secondary N) is 1. The van der Waals surface area contributed by atoms with Crippen molar-refractivity contribution in [2.24, 2.45) is 17.8 Å². The van der Waals surface area contributed by atoms with Gasteiger partial charge in [-0.3, -0.25) is 4.79 Å². The Balaban J connectivity index is 1.23. The van der Waals surface area contributed by atoms with E-state index in [0.29, 0.717) is 6.61 Å². The van der Waals surface area contributed by atoms with Gasteiger partial charge < -0.3 is 14.8 Å². The number of carbonyl (C=O) groups is 2. The van der Waals surface area contributed by atoms with Crippen LogP contribution in [0.4, 0.5) is 0 Å². The topological polar surface area (TPSA) is 64.6 Å². The summed E-state index contributed by atoms with van der Waals surface area (Å²) in [6, 6.07) is 7.35. The van der Waals surface area contributed by atoms with Gasteiger partial charge in [-0.05, 0) is 80.1 Å². The Labute approximate surface area is 172 Å². The molecule has 0 saturated heterocycles. The predicted octanol–water partition coefficient (Wildman–Crippen LogP) is 3.89. The molecule has 1 amide bonds. The zero-order chi connectivity index (χ0) is 20.3. The highest BCUT2D eigenvalue weighted by Crippen LogP contribution is 2.55. The molecular weight excluding hydrogens is 366 g/mol. The minimum absolute atomic E-state index is 0.0521. The number of hydrogen-bond donors (Lipinski definition) is 1. The van der Waals surface area contributed by atoms with Crippen LogP contribution in [0.1, 0.15) is 44.1 Å². The summed E-state index contributed by atoms with van der Waals surface area (Å²) in [5, 5.41) is 3.22. The lowest BCUT2D eigenvalue weighted by Crippen LogP contribution is -2.60. The van der Waals surface area contributed by atoms with Crippen LogP contribution in [-0.4, -0.2) is 30.6 Å². The van der Waals surface area contributed by atoms with Gasteiger partial charge in [0, 0.05) is 11.6 Å². The van der Waals surface area contributed by atoms with E-state index in [2.05, 4.69) is 11.9 Å². The average molecular weight is 395 g/mol. The van der Waals surface area contributed by atoms with Crippen LogP contribution in [0.2, 0.25) is 0 Å². The Bertz CT molecular complexity index is 760. The van der Waals surface area contributed by atoms with Crippen LogP contribution in [0.25, 0.3) is 6.08 Å². The third kappa shape index (κ3) is 4.89. The van der Waals surface area contributed by atoms with E-state index in [-0.39, 0.29) is 18.1 Å². The summed E-state index contributed by atoms with van der Waals surface area (Å²) in [7, 11) is 0. The molecule has 1 N–H and O–H groups in total. The van der Waals surface area contributed by atoms with Crippen molar-refractivity contribution in [2.75, 3.05) is 13.2 Å². The molecule has 0 spiro atoms. The van der Waals surface area contributed by atoms with Crippen molar-refractivity contribution >= 4 is 18.0 Å². The smallest absolute Gasteiger partial charge is 0.331 e. The summed E-state index contributed by atoms with van der Waals surface area (Å²) >= 11 is 0. The maximum Gasteiger partial charge on any atom is 0.331 e. The first-order valence-electron chi connectivity index (χ1n) is 10.5. The average Bonchev–Trinajstić information content (AvgIpc) is 2.68. The highest BCUT2D eigenvalue weighted by Gasteiger charge is 2.51. The van der Waals surface area contributed by atoms with Gasteiger partial charge in [0.2, 0.25) is 0 Å². The van der Waals surface area contributed by atoms with E-state index in [4.69, 9.17) is 9.47 Å². The molecule has 0 unspecified atom stereocenters. The number of rotatable bonds is 8. The molecule has 5 heteroatoms. The summed E-state index contributed by atoms with van der Waals surface area (Å²) in [5.74, 6) is 2.34. The molecule has 4 bridgehead atoms. The van der Waals surface area contributed by atoms with Gasteiger partial charge in [0.15, 0.2) is 6.61 Å². The molecule has 4 saturated carbocycles. The van der Waals surface area contributed by atoms with Crippen LogP contribution in [0.5, 0.6) is 5.75 Å². The second-order valence-corrected chi connectivity index (χ2v) is 8.86. The third-order valence-corrected chi connectivity index (χ3v) is 6.45. The molecule has 0 atom stereocenters. The molecule has 5 rings (SSSR count). The molecular formula is C24H29NO4. The number of amides is 1. The van der Waals surface area contributed by atoms with Crippen LogP contribution >= 0.6 is 0 Å².